The Labute approximate surface area is 91.1 Å². The van der Waals surface area contributed by atoms with Gasteiger partial charge in [0.15, 0.2) is 0 Å². The average Bonchev–Trinajstić information content (AvgIpc) is 2.18. The third kappa shape index (κ3) is 4.81. The smallest absolute Gasteiger partial charge is 0.119 e. The number of aliphatic hydroxyl groups excluding tert-OH is 1. The lowest BCUT2D eigenvalue weighted by atomic mass is 10.2. The summed E-state index contributed by atoms with van der Waals surface area (Å²) in [5.41, 5.74) is 1.17. The number of ether oxygens (including phenoxy) is 1. The Morgan fingerprint density at radius 2 is 2.27 bits per heavy atom. The maximum atomic E-state index is 9.08. The Morgan fingerprint density at radius 1 is 1.47 bits per heavy atom. The second-order valence-electron chi connectivity index (χ2n) is 3.56. The van der Waals surface area contributed by atoms with Crippen LogP contribution in [0.15, 0.2) is 24.3 Å². The van der Waals surface area contributed by atoms with Crippen molar-refractivity contribution in [1.82, 2.24) is 5.32 Å². The molecule has 2 N–H and O–H groups in total. The van der Waals surface area contributed by atoms with E-state index < -0.39 is 0 Å². The Balaban J connectivity index is 2.43. The van der Waals surface area contributed by atoms with Gasteiger partial charge >= 0.3 is 0 Å². The normalized spacial score (nSPS) is 12.5. The van der Waals surface area contributed by atoms with Gasteiger partial charge in [0.25, 0.3) is 0 Å². The minimum Gasteiger partial charge on any atom is -0.494 e. The fourth-order valence-corrected chi connectivity index (χ4v) is 1.34. The molecule has 84 valence electrons. The van der Waals surface area contributed by atoms with Gasteiger partial charge in [-0.15, -0.1) is 0 Å². The zero-order valence-corrected chi connectivity index (χ0v) is 9.36. The van der Waals surface area contributed by atoms with Crippen LogP contribution in [0.2, 0.25) is 0 Å². The quantitative estimate of drug-likeness (QED) is 0.747. The summed E-state index contributed by atoms with van der Waals surface area (Å²) in [4.78, 5) is 0. The average molecular weight is 209 g/mol. The van der Waals surface area contributed by atoms with Gasteiger partial charge in [0.05, 0.1) is 12.7 Å². The minimum absolute atomic E-state index is 0.305. The predicted molar refractivity (Wildman–Crippen MR) is 61.0 cm³/mol. The van der Waals surface area contributed by atoms with Gasteiger partial charge in [-0.25, -0.2) is 0 Å². The maximum Gasteiger partial charge on any atom is 0.119 e. The molecule has 0 aliphatic carbocycles. The molecule has 0 amide bonds. The van der Waals surface area contributed by atoms with E-state index in [0.717, 1.165) is 12.3 Å². The van der Waals surface area contributed by atoms with Crippen LogP contribution in [0, 0.1) is 0 Å². The maximum absolute atomic E-state index is 9.08. The lowest BCUT2D eigenvalue weighted by Crippen LogP contribution is -2.23. The summed E-state index contributed by atoms with van der Waals surface area (Å²) in [5, 5.41) is 12.2. The molecule has 0 bridgehead atoms. The molecule has 0 aliphatic heterocycles. The van der Waals surface area contributed by atoms with Crippen LogP contribution in [0.3, 0.4) is 0 Å². The van der Waals surface area contributed by atoms with Gasteiger partial charge in [-0.3, -0.25) is 0 Å². The fraction of sp³-hybridized carbons (Fsp3) is 0.500. The monoisotopic (exact) mass is 209 g/mol. The number of benzene rings is 1. The summed E-state index contributed by atoms with van der Waals surface area (Å²) in [5.74, 6) is 0.897. The van der Waals surface area contributed by atoms with E-state index in [9.17, 15) is 0 Å². The molecule has 0 saturated heterocycles. The molecule has 0 unspecified atom stereocenters. The molecule has 3 nitrogen and oxygen atoms in total. The number of hydrogen-bond donors (Lipinski definition) is 2. The van der Waals surface area contributed by atoms with Gasteiger partial charge in [-0.05, 0) is 31.5 Å². The molecule has 15 heavy (non-hydrogen) atoms. The third-order valence-corrected chi connectivity index (χ3v) is 1.98. The van der Waals surface area contributed by atoms with E-state index in [0.29, 0.717) is 13.2 Å². The molecule has 0 spiro atoms. The van der Waals surface area contributed by atoms with Crippen molar-refractivity contribution in [2.45, 2.75) is 26.5 Å². The lowest BCUT2D eigenvalue weighted by molar-refractivity contribution is 0.191. The highest BCUT2D eigenvalue weighted by Gasteiger charge is 1.97. The van der Waals surface area contributed by atoms with E-state index in [4.69, 9.17) is 9.84 Å². The number of nitrogens with one attached hydrogen (secondary N) is 1. The van der Waals surface area contributed by atoms with Crippen molar-refractivity contribution in [3.05, 3.63) is 29.8 Å². The largest absolute Gasteiger partial charge is 0.494 e. The Morgan fingerprint density at radius 3 is 2.93 bits per heavy atom. The first-order valence-electron chi connectivity index (χ1n) is 5.33. The van der Waals surface area contributed by atoms with Crippen LogP contribution in [-0.4, -0.2) is 24.4 Å². The van der Waals surface area contributed by atoms with Crippen LogP contribution in [0.25, 0.3) is 0 Å². The Kier molecular flexibility index (Phi) is 5.15. The van der Waals surface area contributed by atoms with Gasteiger partial charge in [-0.2, -0.15) is 0 Å². The SMILES string of the molecule is CCOc1cccc(CNC[C@H](C)O)c1. The molecule has 0 heterocycles. The topological polar surface area (TPSA) is 41.5 Å². The van der Waals surface area contributed by atoms with Crippen LogP contribution in [0.4, 0.5) is 0 Å². The highest BCUT2D eigenvalue weighted by atomic mass is 16.5. The number of aliphatic hydroxyl groups is 1. The van der Waals surface area contributed by atoms with Gasteiger partial charge in [0, 0.05) is 13.1 Å². The summed E-state index contributed by atoms with van der Waals surface area (Å²) in [6.45, 7) is 5.79. The molecule has 3 heteroatoms. The second kappa shape index (κ2) is 6.43. The number of rotatable bonds is 6. The van der Waals surface area contributed by atoms with E-state index in [1.54, 1.807) is 6.92 Å². The summed E-state index contributed by atoms with van der Waals surface area (Å²) >= 11 is 0. The molecule has 1 rings (SSSR count). The molecule has 0 fully saturated rings. The fourth-order valence-electron chi connectivity index (χ4n) is 1.34. The molecule has 0 radical (unpaired) electrons. The van der Waals surface area contributed by atoms with Gasteiger partial charge < -0.3 is 15.2 Å². The van der Waals surface area contributed by atoms with Crippen molar-refractivity contribution >= 4 is 0 Å². The third-order valence-electron chi connectivity index (χ3n) is 1.98. The van der Waals surface area contributed by atoms with E-state index in [-0.39, 0.29) is 6.10 Å². The molecule has 0 aromatic heterocycles. The molecule has 0 aliphatic rings. The van der Waals surface area contributed by atoms with Crippen LogP contribution in [-0.2, 0) is 6.54 Å². The summed E-state index contributed by atoms with van der Waals surface area (Å²) < 4.78 is 5.40. The summed E-state index contributed by atoms with van der Waals surface area (Å²) in [6.07, 6.45) is -0.305. The van der Waals surface area contributed by atoms with Crippen molar-refractivity contribution in [1.29, 1.82) is 0 Å². The molecule has 1 atom stereocenters. The first kappa shape index (κ1) is 12.0. The predicted octanol–water partition coefficient (Wildman–Crippen LogP) is 1.56. The lowest BCUT2D eigenvalue weighted by Gasteiger charge is -2.08. The standard InChI is InChI=1S/C12H19NO2/c1-3-15-12-6-4-5-11(7-12)9-13-8-10(2)14/h4-7,10,13-14H,3,8-9H2,1-2H3/t10-/m0/s1. The molecular formula is C12H19NO2. The zero-order valence-electron chi connectivity index (χ0n) is 9.36. The second-order valence-corrected chi connectivity index (χ2v) is 3.56. The molecule has 1 aromatic rings. The van der Waals surface area contributed by atoms with Crippen molar-refractivity contribution < 1.29 is 9.84 Å². The number of hydrogen-bond acceptors (Lipinski definition) is 3. The molecule has 0 saturated carbocycles. The van der Waals surface area contributed by atoms with Crippen LogP contribution < -0.4 is 10.1 Å². The van der Waals surface area contributed by atoms with Crippen LogP contribution in [0.5, 0.6) is 5.75 Å². The minimum atomic E-state index is -0.305. The highest BCUT2D eigenvalue weighted by Crippen LogP contribution is 2.12. The van der Waals surface area contributed by atoms with Crippen molar-refractivity contribution in [2.24, 2.45) is 0 Å². The van der Waals surface area contributed by atoms with Crippen molar-refractivity contribution in [2.75, 3.05) is 13.2 Å². The first-order chi connectivity index (χ1) is 7.22. The van der Waals surface area contributed by atoms with E-state index in [1.807, 2.05) is 31.2 Å². The Hall–Kier alpha value is -1.06. The zero-order chi connectivity index (χ0) is 11.1. The summed E-state index contributed by atoms with van der Waals surface area (Å²) in [6, 6.07) is 7.97. The highest BCUT2D eigenvalue weighted by molar-refractivity contribution is 5.28. The van der Waals surface area contributed by atoms with Gasteiger partial charge in [-0.1, -0.05) is 12.1 Å². The van der Waals surface area contributed by atoms with E-state index >= 15 is 0 Å². The first-order valence-corrected chi connectivity index (χ1v) is 5.33. The van der Waals surface area contributed by atoms with E-state index in [2.05, 4.69) is 5.32 Å². The van der Waals surface area contributed by atoms with Crippen LogP contribution >= 0.6 is 0 Å². The molecule has 1 aromatic carbocycles. The van der Waals surface area contributed by atoms with Crippen molar-refractivity contribution in [3.63, 3.8) is 0 Å². The molecular weight excluding hydrogens is 190 g/mol. The van der Waals surface area contributed by atoms with Crippen LogP contribution in [0.1, 0.15) is 19.4 Å². The van der Waals surface area contributed by atoms with E-state index in [1.165, 1.54) is 5.56 Å². The van der Waals surface area contributed by atoms with Crippen molar-refractivity contribution in [3.8, 4) is 5.75 Å². The summed E-state index contributed by atoms with van der Waals surface area (Å²) in [7, 11) is 0. The Bertz CT molecular complexity index is 287. The van der Waals surface area contributed by atoms with Gasteiger partial charge in [0.1, 0.15) is 5.75 Å². The van der Waals surface area contributed by atoms with Gasteiger partial charge in [0.2, 0.25) is 0 Å².